The summed E-state index contributed by atoms with van der Waals surface area (Å²) in [6.07, 6.45) is 6.78. The van der Waals surface area contributed by atoms with E-state index in [9.17, 15) is 13.2 Å². The fourth-order valence-electron chi connectivity index (χ4n) is 2.96. The van der Waals surface area contributed by atoms with Crippen LogP contribution in [0.1, 0.15) is 24.2 Å². The summed E-state index contributed by atoms with van der Waals surface area (Å²) in [5, 5.41) is 2.93. The van der Waals surface area contributed by atoms with E-state index in [4.69, 9.17) is 0 Å². The van der Waals surface area contributed by atoms with Crippen molar-refractivity contribution in [3.8, 4) is 0 Å². The van der Waals surface area contributed by atoms with E-state index in [1.54, 1.807) is 31.8 Å². The summed E-state index contributed by atoms with van der Waals surface area (Å²) in [7, 11) is -3.04. The summed E-state index contributed by atoms with van der Waals surface area (Å²) in [4.78, 5) is 22.9. The van der Waals surface area contributed by atoms with Crippen LogP contribution in [0.5, 0.6) is 0 Å². The van der Waals surface area contributed by atoms with E-state index in [2.05, 4.69) is 15.3 Å². The van der Waals surface area contributed by atoms with Crippen LogP contribution < -0.4 is 5.32 Å². The molecular formula is C17H23N5O3S. The number of rotatable bonds is 7. The van der Waals surface area contributed by atoms with Crippen molar-refractivity contribution in [3.63, 3.8) is 0 Å². The van der Waals surface area contributed by atoms with Gasteiger partial charge in [-0.05, 0) is 11.6 Å². The average molecular weight is 377 g/mol. The molecule has 0 saturated carbocycles. The lowest BCUT2D eigenvalue weighted by Crippen LogP contribution is -2.45. The van der Waals surface area contributed by atoms with Gasteiger partial charge in [0.05, 0.1) is 17.8 Å². The van der Waals surface area contributed by atoms with Gasteiger partial charge in [0.15, 0.2) is 9.84 Å². The Balaban J connectivity index is 1.66. The molecule has 26 heavy (non-hydrogen) atoms. The molecule has 3 rings (SSSR count). The molecule has 3 heterocycles. The molecule has 9 heteroatoms. The van der Waals surface area contributed by atoms with Crippen LogP contribution >= 0.6 is 0 Å². The van der Waals surface area contributed by atoms with Crippen LogP contribution in [-0.2, 0) is 27.7 Å². The molecule has 1 aliphatic rings. The number of aromatic nitrogens is 3. The van der Waals surface area contributed by atoms with Gasteiger partial charge in [-0.25, -0.2) is 13.4 Å². The maximum atomic E-state index is 12.7. The van der Waals surface area contributed by atoms with Crippen molar-refractivity contribution in [1.82, 2.24) is 24.8 Å². The van der Waals surface area contributed by atoms with E-state index in [0.29, 0.717) is 26.2 Å². The SMILES string of the molecule is CCS(=O)(=O)CCN1Cc2cncn2[C@H](C(=O)NCc2cccnc2)C1. The number of carbonyl (C=O) groups excluding carboxylic acids is 1. The molecule has 0 saturated heterocycles. The molecule has 0 fully saturated rings. The number of imidazole rings is 1. The summed E-state index contributed by atoms with van der Waals surface area (Å²) in [5.74, 6) is 0.117. The molecule has 140 valence electrons. The zero-order valence-corrected chi connectivity index (χ0v) is 15.5. The predicted molar refractivity (Wildman–Crippen MR) is 97.0 cm³/mol. The third kappa shape index (κ3) is 4.47. The highest BCUT2D eigenvalue weighted by Crippen LogP contribution is 2.21. The highest BCUT2D eigenvalue weighted by Gasteiger charge is 2.30. The van der Waals surface area contributed by atoms with E-state index in [0.717, 1.165) is 11.3 Å². The van der Waals surface area contributed by atoms with Crippen LogP contribution in [0.25, 0.3) is 0 Å². The van der Waals surface area contributed by atoms with E-state index >= 15 is 0 Å². The second-order valence-electron chi connectivity index (χ2n) is 6.36. The average Bonchev–Trinajstić information content (AvgIpc) is 3.13. The third-order valence-electron chi connectivity index (χ3n) is 4.55. The lowest BCUT2D eigenvalue weighted by atomic mass is 10.1. The Morgan fingerprint density at radius 1 is 1.35 bits per heavy atom. The van der Waals surface area contributed by atoms with Crippen LogP contribution in [0.2, 0.25) is 0 Å². The van der Waals surface area contributed by atoms with Gasteiger partial charge < -0.3 is 9.88 Å². The maximum absolute atomic E-state index is 12.7. The molecule has 0 unspecified atom stereocenters. The first kappa shape index (κ1) is 18.5. The van der Waals surface area contributed by atoms with Crippen molar-refractivity contribution in [1.29, 1.82) is 0 Å². The molecule has 1 atom stereocenters. The van der Waals surface area contributed by atoms with E-state index in [1.807, 2.05) is 21.6 Å². The Hall–Kier alpha value is -2.26. The molecule has 1 aliphatic heterocycles. The van der Waals surface area contributed by atoms with Crippen LogP contribution in [-0.4, -0.2) is 58.4 Å². The number of nitrogens with one attached hydrogen (secondary N) is 1. The fourth-order valence-corrected chi connectivity index (χ4v) is 3.79. The van der Waals surface area contributed by atoms with Crippen molar-refractivity contribution in [3.05, 3.63) is 48.3 Å². The van der Waals surface area contributed by atoms with Crippen LogP contribution in [0.15, 0.2) is 37.1 Å². The van der Waals surface area contributed by atoms with Gasteiger partial charge >= 0.3 is 0 Å². The second-order valence-corrected chi connectivity index (χ2v) is 8.83. The summed E-state index contributed by atoms with van der Waals surface area (Å²) >= 11 is 0. The number of fused-ring (bicyclic) bond motifs is 1. The number of sulfone groups is 1. The lowest BCUT2D eigenvalue weighted by Gasteiger charge is -2.33. The van der Waals surface area contributed by atoms with Gasteiger partial charge in [0.1, 0.15) is 6.04 Å². The van der Waals surface area contributed by atoms with Crippen LogP contribution in [0.4, 0.5) is 0 Å². The van der Waals surface area contributed by atoms with E-state index in [-0.39, 0.29) is 17.4 Å². The van der Waals surface area contributed by atoms with Crippen LogP contribution in [0.3, 0.4) is 0 Å². The second kappa shape index (κ2) is 7.96. The van der Waals surface area contributed by atoms with Gasteiger partial charge in [-0.2, -0.15) is 0 Å². The topological polar surface area (TPSA) is 97.2 Å². The molecule has 0 aromatic carbocycles. The van der Waals surface area contributed by atoms with E-state index in [1.165, 1.54) is 0 Å². The lowest BCUT2D eigenvalue weighted by molar-refractivity contribution is -0.125. The molecule has 2 aromatic rings. The zero-order chi connectivity index (χ0) is 18.6. The largest absolute Gasteiger partial charge is 0.350 e. The minimum Gasteiger partial charge on any atom is -0.350 e. The number of hydrogen-bond acceptors (Lipinski definition) is 6. The maximum Gasteiger partial charge on any atom is 0.244 e. The Bertz CT molecular complexity index is 850. The number of nitrogens with zero attached hydrogens (tertiary/aromatic N) is 4. The summed E-state index contributed by atoms with van der Waals surface area (Å²) in [6.45, 7) is 3.51. The van der Waals surface area contributed by atoms with E-state index < -0.39 is 15.9 Å². The van der Waals surface area contributed by atoms with Gasteiger partial charge in [0.2, 0.25) is 5.91 Å². The van der Waals surface area contributed by atoms with Crippen molar-refractivity contribution in [2.45, 2.75) is 26.1 Å². The number of hydrogen-bond donors (Lipinski definition) is 1. The zero-order valence-electron chi connectivity index (χ0n) is 14.7. The fraction of sp³-hybridized carbons (Fsp3) is 0.471. The number of carbonyl (C=O) groups is 1. The van der Waals surface area contributed by atoms with Gasteiger partial charge in [-0.15, -0.1) is 0 Å². The summed E-state index contributed by atoms with van der Waals surface area (Å²) < 4.78 is 25.4. The van der Waals surface area contributed by atoms with Gasteiger partial charge in [-0.3, -0.25) is 14.7 Å². The number of pyridine rings is 1. The molecule has 1 amide bonds. The van der Waals surface area contributed by atoms with Crippen molar-refractivity contribution < 1.29 is 13.2 Å². The summed E-state index contributed by atoms with van der Waals surface area (Å²) in [5.41, 5.74) is 1.83. The predicted octanol–water partition coefficient (Wildman–Crippen LogP) is 0.386. The molecule has 8 nitrogen and oxygen atoms in total. The van der Waals surface area contributed by atoms with Gasteiger partial charge in [0, 0.05) is 50.5 Å². The number of amides is 1. The molecule has 0 radical (unpaired) electrons. The third-order valence-corrected chi connectivity index (χ3v) is 6.23. The highest BCUT2D eigenvalue weighted by molar-refractivity contribution is 7.91. The molecule has 0 spiro atoms. The standard InChI is InChI=1S/C17H23N5O3S/c1-2-26(24,25)7-6-21-11-15-10-19-13-22(15)16(12-21)17(23)20-9-14-4-3-5-18-8-14/h3-5,8,10,13,16H,2,6-7,9,11-12H2,1H3,(H,20,23)/t16-/m0/s1. The minimum atomic E-state index is -3.04. The Morgan fingerprint density at radius 3 is 2.92 bits per heavy atom. The molecule has 0 bridgehead atoms. The smallest absolute Gasteiger partial charge is 0.244 e. The van der Waals surface area contributed by atoms with Gasteiger partial charge in [-0.1, -0.05) is 13.0 Å². The van der Waals surface area contributed by atoms with Crippen molar-refractivity contribution in [2.24, 2.45) is 0 Å². The Morgan fingerprint density at radius 2 is 2.19 bits per heavy atom. The van der Waals surface area contributed by atoms with Crippen molar-refractivity contribution >= 4 is 15.7 Å². The quantitative estimate of drug-likeness (QED) is 0.750. The molecular weight excluding hydrogens is 354 g/mol. The first-order valence-corrected chi connectivity index (χ1v) is 10.4. The minimum absolute atomic E-state index is 0.0989. The first-order valence-electron chi connectivity index (χ1n) is 8.58. The molecule has 0 aliphatic carbocycles. The first-order chi connectivity index (χ1) is 12.5. The van der Waals surface area contributed by atoms with Crippen LogP contribution in [0, 0.1) is 0 Å². The Labute approximate surface area is 153 Å². The molecule has 1 N–H and O–H groups in total. The van der Waals surface area contributed by atoms with Crippen molar-refractivity contribution in [2.75, 3.05) is 24.6 Å². The van der Waals surface area contributed by atoms with Gasteiger partial charge in [0.25, 0.3) is 0 Å². The normalized spacial score (nSPS) is 17.7. The monoisotopic (exact) mass is 377 g/mol. The highest BCUT2D eigenvalue weighted by atomic mass is 32.2. The molecule has 2 aromatic heterocycles. The Kier molecular flexibility index (Phi) is 5.67. The summed E-state index contributed by atoms with van der Waals surface area (Å²) in [6, 6.07) is 3.30.